The number of nitro groups is 1. The van der Waals surface area contributed by atoms with E-state index in [9.17, 15) is 14.9 Å². The number of rotatable bonds is 7. The van der Waals surface area contributed by atoms with E-state index in [1.807, 2.05) is 30.3 Å². The summed E-state index contributed by atoms with van der Waals surface area (Å²) in [7, 11) is 0. The van der Waals surface area contributed by atoms with Crippen LogP contribution in [0.25, 0.3) is 22.5 Å². The number of aromatic nitrogens is 4. The predicted molar refractivity (Wildman–Crippen MR) is 144 cm³/mol. The number of carbonyl (C=O) groups is 1. The minimum Gasteiger partial charge on any atom is -0.322 e. The van der Waals surface area contributed by atoms with Crippen molar-refractivity contribution in [3.05, 3.63) is 113 Å². The Labute approximate surface area is 216 Å². The summed E-state index contributed by atoms with van der Waals surface area (Å²) in [5, 5.41) is 27.7. The molecule has 0 atom stereocenters. The van der Waals surface area contributed by atoms with Gasteiger partial charge in [-0.2, -0.15) is 0 Å². The highest BCUT2D eigenvalue weighted by Gasteiger charge is 2.11. The van der Waals surface area contributed by atoms with Crippen LogP contribution in [0, 0.1) is 10.1 Å². The lowest BCUT2D eigenvalue weighted by Gasteiger charge is -2.13. The molecule has 0 bridgehead atoms. The van der Waals surface area contributed by atoms with E-state index in [1.54, 1.807) is 60.8 Å². The maximum Gasteiger partial charge on any atom is 0.324 e. The van der Waals surface area contributed by atoms with Gasteiger partial charge in [-0.25, -0.2) is 14.8 Å². The van der Waals surface area contributed by atoms with E-state index < -0.39 is 11.0 Å². The SMILES string of the molecule is O=C(Nc1ccc(-c2ccccc2)nn1)Nc1ccccc1Nc1nccc(-c2ccc([N+](=O)[O-])cc2)n1. The van der Waals surface area contributed by atoms with Gasteiger partial charge in [-0.1, -0.05) is 42.5 Å². The van der Waals surface area contributed by atoms with Gasteiger partial charge < -0.3 is 10.6 Å². The van der Waals surface area contributed by atoms with Crippen molar-refractivity contribution < 1.29 is 9.72 Å². The molecule has 0 radical (unpaired) electrons. The average molecular weight is 505 g/mol. The molecule has 0 saturated carbocycles. The first-order chi connectivity index (χ1) is 18.5. The highest BCUT2D eigenvalue weighted by molar-refractivity contribution is 6.01. The first-order valence-corrected chi connectivity index (χ1v) is 11.5. The van der Waals surface area contributed by atoms with Crippen LogP contribution in [-0.2, 0) is 0 Å². The van der Waals surface area contributed by atoms with Gasteiger partial charge in [0.1, 0.15) is 0 Å². The molecule has 0 spiro atoms. The van der Waals surface area contributed by atoms with E-state index in [4.69, 9.17) is 0 Å². The normalized spacial score (nSPS) is 10.4. The van der Waals surface area contributed by atoms with Gasteiger partial charge in [-0.3, -0.25) is 15.4 Å². The Hall–Kier alpha value is -5.71. The summed E-state index contributed by atoms with van der Waals surface area (Å²) in [5.74, 6) is 0.588. The van der Waals surface area contributed by atoms with Crippen LogP contribution in [0.4, 0.5) is 33.6 Å². The smallest absolute Gasteiger partial charge is 0.322 e. The monoisotopic (exact) mass is 504 g/mol. The number of carbonyl (C=O) groups excluding carboxylic acids is 1. The molecule has 3 N–H and O–H groups in total. The number of hydrogen-bond acceptors (Lipinski definition) is 8. The molecule has 186 valence electrons. The van der Waals surface area contributed by atoms with Crippen molar-refractivity contribution in [2.24, 2.45) is 0 Å². The van der Waals surface area contributed by atoms with E-state index >= 15 is 0 Å². The topological polar surface area (TPSA) is 148 Å². The van der Waals surface area contributed by atoms with Crippen molar-refractivity contribution in [1.29, 1.82) is 0 Å². The number of benzene rings is 3. The number of amides is 2. The molecular weight excluding hydrogens is 484 g/mol. The number of nitro benzene ring substituents is 1. The minimum atomic E-state index is -0.499. The molecule has 5 rings (SSSR count). The Balaban J connectivity index is 1.27. The van der Waals surface area contributed by atoms with E-state index in [0.717, 1.165) is 5.56 Å². The molecule has 2 aromatic heterocycles. The van der Waals surface area contributed by atoms with E-state index in [0.29, 0.717) is 34.1 Å². The Morgan fingerprint density at radius 1 is 0.711 bits per heavy atom. The fourth-order valence-corrected chi connectivity index (χ4v) is 3.59. The third kappa shape index (κ3) is 5.74. The number of hydrogen-bond donors (Lipinski definition) is 3. The molecule has 2 heterocycles. The van der Waals surface area contributed by atoms with Gasteiger partial charge >= 0.3 is 6.03 Å². The number of urea groups is 1. The van der Waals surface area contributed by atoms with Crippen LogP contribution < -0.4 is 16.0 Å². The van der Waals surface area contributed by atoms with Crippen molar-refractivity contribution in [2.75, 3.05) is 16.0 Å². The standard InChI is InChI=1S/C27H20N8O3/c36-27(32-25-15-14-22(33-34-25)18-6-2-1-3-7-18)31-24-9-5-4-8-23(24)30-26-28-17-16-21(29-26)19-10-12-20(13-11-19)35(37)38/h1-17H,(H,28,29,30)(H2,31,32,34,36). The molecule has 2 amide bonds. The Kier molecular flexibility index (Phi) is 6.89. The Morgan fingerprint density at radius 3 is 2.13 bits per heavy atom. The lowest BCUT2D eigenvalue weighted by atomic mass is 10.1. The lowest BCUT2D eigenvalue weighted by molar-refractivity contribution is -0.384. The molecule has 0 fully saturated rings. The molecule has 38 heavy (non-hydrogen) atoms. The molecule has 5 aromatic rings. The summed E-state index contributed by atoms with van der Waals surface area (Å²) in [4.78, 5) is 31.9. The zero-order valence-electron chi connectivity index (χ0n) is 19.8. The van der Waals surface area contributed by atoms with E-state index in [1.165, 1.54) is 12.1 Å². The summed E-state index contributed by atoms with van der Waals surface area (Å²) in [6.45, 7) is 0. The van der Waals surface area contributed by atoms with Gasteiger partial charge in [-0.05, 0) is 42.5 Å². The molecule has 3 aromatic carbocycles. The zero-order valence-corrected chi connectivity index (χ0v) is 19.8. The minimum absolute atomic E-state index is 0.00227. The van der Waals surface area contributed by atoms with Gasteiger partial charge in [0.15, 0.2) is 5.82 Å². The fourth-order valence-electron chi connectivity index (χ4n) is 3.59. The van der Waals surface area contributed by atoms with E-state index in [-0.39, 0.29) is 11.6 Å². The molecule has 11 heteroatoms. The second-order valence-electron chi connectivity index (χ2n) is 7.99. The van der Waals surface area contributed by atoms with Gasteiger partial charge in [0.05, 0.1) is 27.7 Å². The highest BCUT2D eigenvalue weighted by atomic mass is 16.6. The summed E-state index contributed by atoms with van der Waals surface area (Å²) in [6.07, 6.45) is 1.58. The Bertz CT molecular complexity index is 1580. The first kappa shape index (κ1) is 24.0. The summed E-state index contributed by atoms with van der Waals surface area (Å²) in [6, 6.07) is 27.4. The van der Waals surface area contributed by atoms with Gasteiger partial charge in [0.25, 0.3) is 5.69 Å². The average Bonchev–Trinajstić information content (AvgIpc) is 2.95. The summed E-state index contributed by atoms with van der Waals surface area (Å²) < 4.78 is 0. The lowest BCUT2D eigenvalue weighted by Crippen LogP contribution is -2.21. The van der Waals surface area contributed by atoms with Gasteiger partial charge in [0.2, 0.25) is 5.95 Å². The molecule has 0 unspecified atom stereocenters. The molecule has 0 aliphatic heterocycles. The van der Waals surface area contributed by atoms with Crippen molar-refractivity contribution in [3.63, 3.8) is 0 Å². The summed E-state index contributed by atoms with van der Waals surface area (Å²) >= 11 is 0. The zero-order chi connectivity index (χ0) is 26.3. The van der Waals surface area contributed by atoms with E-state index in [2.05, 4.69) is 36.1 Å². The molecule has 0 aliphatic carbocycles. The van der Waals surface area contributed by atoms with Crippen molar-refractivity contribution in [3.8, 4) is 22.5 Å². The predicted octanol–water partition coefficient (Wildman–Crippen LogP) is 5.90. The van der Waals surface area contributed by atoms with Crippen molar-refractivity contribution in [1.82, 2.24) is 20.2 Å². The van der Waals surface area contributed by atoms with Crippen LogP contribution in [0.1, 0.15) is 0 Å². The van der Waals surface area contributed by atoms with Crippen LogP contribution in [0.5, 0.6) is 0 Å². The van der Waals surface area contributed by atoms with Crippen LogP contribution in [0.2, 0.25) is 0 Å². The fraction of sp³-hybridized carbons (Fsp3) is 0. The summed E-state index contributed by atoms with van der Waals surface area (Å²) in [5.41, 5.74) is 3.96. The van der Waals surface area contributed by atoms with Gasteiger partial charge in [0, 0.05) is 29.5 Å². The van der Waals surface area contributed by atoms with Crippen molar-refractivity contribution in [2.45, 2.75) is 0 Å². The van der Waals surface area contributed by atoms with Crippen LogP contribution in [0.3, 0.4) is 0 Å². The largest absolute Gasteiger partial charge is 0.324 e. The molecule has 0 saturated heterocycles. The van der Waals surface area contributed by atoms with Gasteiger partial charge in [-0.15, -0.1) is 10.2 Å². The Morgan fingerprint density at radius 2 is 1.42 bits per heavy atom. The number of nitrogens with zero attached hydrogens (tertiary/aromatic N) is 5. The highest BCUT2D eigenvalue weighted by Crippen LogP contribution is 2.26. The van der Waals surface area contributed by atoms with Crippen LogP contribution in [-0.4, -0.2) is 31.1 Å². The molecule has 0 aliphatic rings. The molecule has 11 nitrogen and oxygen atoms in total. The quantitative estimate of drug-likeness (QED) is 0.183. The number of non-ortho nitro benzene ring substituents is 1. The van der Waals surface area contributed by atoms with Crippen molar-refractivity contribution >= 4 is 34.9 Å². The number of nitrogens with one attached hydrogen (secondary N) is 3. The second kappa shape index (κ2) is 10.9. The molecular formula is C27H20N8O3. The third-order valence-corrected chi connectivity index (χ3v) is 5.43. The first-order valence-electron chi connectivity index (χ1n) is 11.5. The van der Waals surface area contributed by atoms with Crippen LogP contribution in [0.15, 0.2) is 103 Å². The third-order valence-electron chi connectivity index (χ3n) is 5.43. The maximum absolute atomic E-state index is 12.7. The number of anilines is 4. The number of para-hydroxylation sites is 2. The maximum atomic E-state index is 12.7. The van der Waals surface area contributed by atoms with Crippen LogP contribution >= 0.6 is 0 Å². The second-order valence-corrected chi connectivity index (χ2v) is 7.99.